The summed E-state index contributed by atoms with van der Waals surface area (Å²) in [4.78, 5) is 11.6. The van der Waals surface area contributed by atoms with E-state index in [9.17, 15) is 4.79 Å². The van der Waals surface area contributed by atoms with E-state index in [-0.39, 0.29) is 12.0 Å². The summed E-state index contributed by atoms with van der Waals surface area (Å²) >= 11 is 0. The standard InChI is InChI=1S/C12H22N2O2/c15-12-11(3-1-2-6-14-12)16-8-5-10-4-7-13-9-10/h10-11,13H,1-9H2,(H,14,15). The van der Waals surface area contributed by atoms with E-state index in [1.165, 1.54) is 6.42 Å². The zero-order valence-corrected chi connectivity index (χ0v) is 9.84. The molecule has 4 heteroatoms. The lowest BCUT2D eigenvalue weighted by Gasteiger charge is -2.15. The highest BCUT2D eigenvalue weighted by Gasteiger charge is 2.22. The lowest BCUT2D eigenvalue weighted by molar-refractivity contribution is -0.132. The van der Waals surface area contributed by atoms with Gasteiger partial charge in [-0.05, 0) is 51.1 Å². The smallest absolute Gasteiger partial charge is 0.249 e. The van der Waals surface area contributed by atoms with Gasteiger partial charge in [-0.1, -0.05) is 0 Å². The van der Waals surface area contributed by atoms with Crippen molar-refractivity contribution in [1.82, 2.24) is 10.6 Å². The van der Waals surface area contributed by atoms with Crippen molar-refractivity contribution in [2.75, 3.05) is 26.2 Å². The van der Waals surface area contributed by atoms with Crippen molar-refractivity contribution in [3.63, 3.8) is 0 Å². The normalized spacial score (nSPS) is 31.1. The maximum Gasteiger partial charge on any atom is 0.249 e. The fourth-order valence-corrected chi connectivity index (χ4v) is 2.41. The Balaban J connectivity index is 1.65. The Labute approximate surface area is 97.1 Å². The first-order valence-electron chi connectivity index (χ1n) is 6.46. The van der Waals surface area contributed by atoms with Crippen molar-refractivity contribution in [2.45, 2.75) is 38.2 Å². The molecule has 2 saturated heterocycles. The zero-order chi connectivity index (χ0) is 11.2. The number of hydrogen-bond acceptors (Lipinski definition) is 3. The van der Waals surface area contributed by atoms with E-state index in [0.29, 0.717) is 0 Å². The average Bonchev–Trinajstić information content (AvgIpc) is 2.71. The van der Waals surface area contributed by atoms with Crippen LogP contribution in [-0.4, -0.2) is 38.3 Å². The summed E-state index contributed by atoms with van der Waals surface area (Å²) in [6.07, 6.45) is 5.19. The van der Waals surface area contributed by atoms with Gasteiger partial charge in [0.15, 0.2) is 0 Å². The minimum Gasteiger partial charge on any atom is -0.368 e. The highest BCUT2D eigenvalue weighted by Crippen LogP contribution is 2.14. The van der Waals surface area contributed by atoms with Crippen LogP contribution in [0.25, 0.3) is 0 Å². The molecule has 92 valence electrons. The van der Waals surface area contributed by atoms with Gasteiger partial charge in [-0.15, -0.1) is 0 Å². The van der Waals surface area contributed by atoms with Gasteiger partial charge in [0.25, 0.3) is 0 Å². The molecule has 16 heavy (non-hydrogen) atoms. The van der Waals surface area contributed by atoms with Crippen LogP contribution in [0.1, 0.15) is 32.1 Å². The van der Waals surface area contributed by atoms with Gasteiger partial charge in [0.1, 0.15) is 6.10 Å². The van der Waals surface area contributed by atoms with Crippen molar-refractivity contribution in [3.8, 4) is 0 Å². The first-order chi connectivity index (χ1) is 7.86. The Morgan fingerprint density at radius 2 is 2.19 bits per heavy atom. The number of rotatable bonds is 4. The fourth-order valence-electron chi connectivity index (χ4n) is 2.41. The molecule has 2 aliphatic rings. The second-order valence-corrected chi connectivity index (χ2v) is 4.79. The van der Waals surface area contributed by atoms with Gasteiger partial charge >= 0.3 is 0 Å². The van der Waals surface area contributed by atoms with E-state index >= 15 is 0 Å². The third-order valence-corrected chi connectivity index (χ3v) is 3.49. The van der Waals surface area contributed by atoms with Crippen LogP contribution >= 0.6 is 0 Å². The summed E-state index contributed by atoms with van der Waals surface area (Å²) in [5.41, 5.74) is 0. The number of ether oxygens (including phenoxy) is 1. The molecule has 0 spiro atoms. The van der Waals surface area contributed by atoms with Crippen molar-refractivity contribution >= 4 is 5.91 Å². The van der Waals surface area contributed by atoms with Crippen LogP contribution in [0.3, 0.4) is 0 Å². The van der Waals surface area contributed by atoms with E-state index in [1.54, 1.807) is 0 Å². The first-order valence-corrected chi connectivity index (χ1v) is 6.46. The summed E-state index contributed by atoms with van der Waals surface area (Å²) < 4.78 is 5.70. The van der Waals surface area contributed by atoms with Crippen molar-refractivity contribution in [1.29, 1.82) is 0 Å². The molecule has 2 rings (SSSR count). The Morgan fingerprint density at radius 3 is 3.00 bits per heavy atom. The van der Waals surface area contributed by atoms with Crippen LogP contribution in [0, 0.1) is 5.92 Å². The number of carbonyl (C=O) groups is 1. The summed E-state index contributed by atoms with van der Waals surface area (Å²) in [5.74, 6) is 0.830. The Kier molecular flexibility index (Phi) is 4.60. The molecule has 0 aromatic rings. The summed E-state index contributed by atoms with van der Waals surface area (Å²) in [7, 11) is 0. The predicted octanol–water partition coefficient (Wildman–Crippen LogP) is 0.671. The maximum atomic E-state index is 11.6. The highest BCUT2D eigenvalue weighted by atomic mass is 16.5. The molecule has 0 saturated carbocycles. The van der Waals surface area contributed by atoms with E-state index < -0.39 is 0 Å². The number of nitrogens with one attached hydrogen (secondary N) is 2. The molecule has 2 fully saturated rings. The third-order valence-electron chi connectivity index (χ3n) is 3.49. The van der Waals surface area contributed by atoms with Crippen LogP contribution < -0.4 is 10.6 Å². The van der Waals surface area contributed by atoms with E-state index in [4.69, 9.17) is 4.74 Å². The fraction of sp³-hybridized carbons (Fsp3) is 0.917. The predicted molar refractivity (Wildman–Crippen MR) is 62.2 cm³/mol. The molecule has 2 atom stereocenters. The minimum absolute atomic E-state index is 0.0852. The van der Waals surface area contributed by atoms with Crippen molar-refractivity contribution < 1.29 is 9.53 Å². The summed E-state index contributed by atoms with van der Waals surface area (Å²) in [6.45, 7) is 3.78. The van der Waals surface area contributed by atoms with Crippen molar-refractivity contribution in [2.24, 2.45) is 5.92 Å². The number of carbonyl (C=O) groups excluding carboxylic acids is 1. The average molecular weight is 226 g/mol. The summed E-state index contributed by atoms with van der Waals surface area (Å²) in [6, 6.07) is 0. The molecule has 0 aromatic heterocycles. The second kappa shape index (κ2) is 6.21. The Morgan fingerprint density at radius 1 is 1.25 bits per heavy atom. The van der Waals surface area contributed by atoms with Gasteiger partial charge in [0, 0.05) is 13.2 Å². The van der Waals surface area contributed by atoms with E-state index in [1.807, 2.05) is 0 Å². The van der Waals surface area contributed by atoms with Gasteiger partial charge in [-0.3, -0.25) is 4.79 Å². The molecule has 0 aromatic carbocycles. The lowest BCUT2D eigenvalue weighted by Crippen LogP contribution is -2.35. The molecular weight excluding hydrogens is 204 g/mol. The van der Waals surface area contributed by atoms with Crippen LogP contribution in [0.5, 0.6) is 0 Å². The Bertz CT molecular complexity index is 227. The molecule has 0 bridgehead atoms. The van der Waals surface area contributed by atoms with Gasteiger partial charge in [0.05, 0.1) is 0 Å². The third kappa shape index (κ3) is 3.46. The van der Waals surface area contributed by atoms with Crippen LogP contribution in [0.4, 0.5) is 0 Å². The van der Waals surface area contributed by atoms with Gasteiger partial charge in [-0.25, -0.2) is 0 Å². The number of amides is 1. The lowest BCUT2D eigenvalue weighted by atomic mass is 10.1. The van der Waals surface area contributed by atoms with Gasteiger partial charge < -0.3 is 15.4 Å². The largest absolute Gasteiger partial charge is 0.368 e. The van der Waals surface area contributed by atoms with Gasteiger partial charge in [0.2, 0.25) is 5.91 Å². The van der Waals surface area contributed by atoms with E-state index in [2.05, 4.69) is 10.6 Å². The topological polar surface area (TPSA) is 50.4 Å². The molecule has 2 heterocycles. The molecule has 1 amide bonds. The Hall–Kier alpha value is -0.610. The monoisotopic (exact) mass is 226 g/mol. The first kappa shape index (κ1) is 11.9. The maximum absolute atomic E-state index is 11.6. The van der Waals surface area contributed by atoms with Crippen molar-refractivity contribution in [3.05, 3.63) is 0 Å². The molecule has 0 aliphatic carbocycles. The highest BCUT2D eigenvalue weighted by molar-refractivity contribution is 5.80. The molecular formula is C12H22N2O2. The summed E-state index contributed by atoms with van der Waals surface area (Å²) in [5, 5.41) is 6.24. The second-order valence-electron chi connectivity index (χ2n) is 4.79. The van der Waals surface area contributed by atoms with Crippen LogP contribution in [0.2, 0.25) is 0 Å². The molecule has 0 radical (unpaired) electrons. The number of hydrogen-bond donors (Lipinski definition) is 2. The van der Waals surface area contributed by atoms with Crippen LogP contribution in [0.15, 0.2) is 0 Å². The van der Waals surface area contributed by atoms with Crippen LogP contribution in [-0.2, 0) is 9.53 Å². The van der Waals surface area contributed by atoms with Gasteiger partial charge in [-0.2, -0.15) is 0 Å². The quantitative estimate of drug-likeness (QED) is 0.741. The molecule has 2 unspecified atom stereocenters. The minimum atomic E-state index is -0.197. The molecule has 2 aliphatic heterocycles. The molecule has 4 nitrogen and oxygen atoms in total. The molecule has 2 N–H and O–H groups in total. The SMILES string of the molecule is O=C1NCCCCC1OCCC1CCNC1. The zero-order valence-electron chi connectivity index (χ0n) is 9.84. The van der Waals surface area contributed by atoms with E-state index in [0.717, 1.165) is 57.8 Å².